The summed E-state index contributed by atoms with van der Waals surface area (Å²) in [7, 11) is -3.72. The van der Waals surface area contributed by atoms with Gasteiger partial charge in [-0.3, -0.25) is 0 Å². The Morgan fingerprint density at radius 3 is 2.68 bits per heavy atom. The largest absolute Gasteiger partial charge is 0.324 e. The highest BCUT2D eigenvalue weighted by molar-refractivity contribution is 7.89. The minimum atomic E-state index is -3.72. The van der Waals surface area contributed by atoms with Crippen LogP contribution in [0.25, 0.3) is 0 Å². The van der Waals surface area contributed by atoms with Crippen LogP contribution in [0.1, 0.15) is 37.3 Å². The molecule has 1 aliphatic carbocycles. The van der Waals surface area contributed by atoms with Crippen LogP contribution in [0, 0.1) is 0 Å². The maximum absolute atomic E-state index is 11.4. The minimum absolute atomic E-state index is 0.0597. The molecule has 0 spiro atoms. The molecule has 1 aliphatic rings. The topological polar surface area (TPSA) is 98.0 Å². The Morgan fingerprint density at radius 2 is 1.95 bits per heavy atom. The Hall–Kier alpha value is -1.99. The molecule has 6 nitrogen and oxygen atoms in total. The predicted molar refractivity (Wildman–Crippen MR) is 84.3 cm³/mol. The summed E-state index contributed by atoms with van der Waals surface area (Å²) < 4.78 is 22.8. The van der Waals surface area contributed by atoms with Gasteiger partial charge >= 0.3 is 0 Å². The summed E-state index contributed by atoms with van der Waals surface area (Å²) in [5, 5.41) is 8.18. The number of anilines is 2. The average Bonchev–Trinajstić information content (AvgIpc) is 3.01. The zero-order chi connectivity index (χ0) is 15.6. The van der Waals surface area contributed by atoms with Gasteiger partial charge in [0.15, 0.2) is 0 Å². The lowest BCUT2D eigenvalue weighted by molar-refractivity contribution is 0.598. The molecule has 1 heterocycles. The maximum Gasteiger partial charge on any atom is 0.238 e. The van der Waals surface area contributed by atoms with Crippen LogP contribution in [0.4, 0.5) is 11.6 Å². The van der Waals surface area contributed by atoms with Gasteiger partial charge in [0, 0.05) is 23.5 Å². The Morgan fingerprint density at radius 1 is 1.18 bits per heavy atom. The second-order valence-electron chi connectivity index (χ2n) is 5.48. The van der Waals surface area contributed by atoms with E-state index in [1.807, 2.05) is 6.07 Å². The first kappa shape index (κ1) is 14.9. The van der Waals surface area contributed by atoms with Gasteiger partial charge in [0.25, 0.3) is 0 Å². The predicted octanol–water partition coefficient (Wildman–Crippen LogP) is 2.53. The normalized spacial score (nSPS) is 15.9. The molecule has 2 aromatic rings. The van der Waals surface area contributed by atoms with Crippen molar-refractivity contribution in [3.63, 3.8) is 0 Å². The fourth-order valence-electron chi connectivity index (χ4n) is 2.76. The smallest absolute Gasteiger partial charge is 0.238 e. The molecule has 0 saturated heterocycles. The van der Waals surface area contributed by atoms with Crippen LogP contribution < -0.4 is 10.5 Å². The second-order valence-corrected chi connectivity index (χ2v) is 7.05. The Labute approximate surface area is 129 Å². The first-order chi connectivity index (χ1) is 10.5. The first-order valence-corrected chi connectivity index (χ1v) is 8.80. The van der Waals surface area contributed by atoms with Crippen LogP contribution in [-0.2, 0) is 10.0 Å². The molecule has 22 heavy (non-hydrogen) atoms. The molecule has 1 fully saturated rings. The van der Waals surface area contributed by atoms with Crippen LogP contribution in [-0.4, -0.2) is 18.4 Å². The number of nitrogens with two attached hydrogens (primary N) is 1. The molecule has 1 saturated carbocycles. The number of sulfonamides is 1. The van der Waals surface area contributed by atoms with Crippen LogP contribution in [0.3, 0.4) is 0 Å². The summed E-state index contributed by atoms with van der Waals surface area (Å²) in [5.74, 6) is 0.968. The van der Waals surface area contributed by atoms with E-state index in [4.69, 9.17) is 5.14 Å². The van der Waals surface area contributed by atoms with Crippen molar-refractivity contribution in [1.29, 1.82) is 0 Å². The third-order valence-electron chi connectivity index (χ3n) is 3.87. The molecule has 7 heteroatoms. The quantitative estimate of drug-likeness (QED) is 0.902. The molecule has 0 unspecified atom stereocenters. The lowest BCUT2D eigenvalue weighted by Crippen LogP contribution is -2.12. The zero-order valence-electron chi connectivity index (χ0n) is 12.1. The fourth-order valence-corrected chi connectivity index (χ4v) is 3.32. The van der Waals surface area contributed by atoms with Crippen LogP contribution in [0.2, 0.25) is 0 Å². The molecule has 0 aliphatic heterocycles. The number of primary sulfonamides is 1. The van der Waals surface area contributed by atoms with E-state index in [2.05, 4.69) is 15.3 Å². The van der Waals surface area contributed by atoms with Gasteiger partial charge in [-0.05, 0) is 37.1 Å². The van der Waals surface area contributed by atoms with Crippen molar-refractivity contribution in [1.82, 2.24) is 9.97 Å². The van der Waals surface area contributed by atoms with E-state index in [1.54, 1.807) is 18.3 Å². The fraction of sp³-hybridized carbons (Fsp3) is 0.333. The highest BCUT2D eigenvalue weighted by atomic mass is 32.2. The van der Waals surface area contributed by atoms with E-state index in [9.17, 15) is 8.42 Å². The lowest BCUT2D eigenvalue weighted by Gasteiger charge is -2.11. The van der Waals surface area contributed by atoms with Crippen molar-refractivity contribution >= 4 is 21.7 Å². The molecule has 1 aromatic heterocycles. The van der Waals surface area contributed by atoms with Gasteiger partial charge in [-0.25, -0.2) is 23.5 Å². The van der Waals surface area contributed by atoms with Gasteiger partial charge in [-0.2, -0.15) is 0 Å². The van der Waals surface area contributed by atoms with E-state index in [1.165, 1.54) is 25.0 Å². The van der Waals surface area contributed by atoms with Gasteiger partial charge in [0.1, 0.15) is 0 Å². The molecular formula is C15H18N4O2S. The number of benzene rings is 1. The standard InChI is InChI=1S/C15H18N4O2S/c16-22(20,21)13-7-3-6-12(10-13)18-15-17-9-8-14(19-15)11-4-1-2-5-11/h3,6-11H,1-2,4-5H2,(H2,16,20,21)(H,17,18,19). The highest BCUT2D eigenvalue weighted by Gasteiger charge is 2.18. The van der Waals surface area contributed by atoms with Gasteiger partial charge in [-0.15, -0.1) is 0 Å². The monoisotopic (exact) mass is 318 g/mol. The van der Waals surface area contributed by atoms with Gasteiger partial charge in [0.05, 0.1) is 4.90 Å². The first-order valence-electron chi connectivity index (χ1n) is 7.25. The Balaban J connectivity index is 1.82. The maximum atomic E-state index is 11.4. The summed E-state index contributed by atoms with van der Waals surface area (Å²) in [6, 6.07) is 8.25. The molecule has 116 valence electrons. The summed E-state index contributed by atoms with van der Waals surface area (Å²) >= 11 is 0. The molecule has 0 bridgehead atoms. The van der Waals surface area contributed by atoms with Crippen LogP contribution >= 0.6 is 0 Å². The summed E-state index contributed by atoms with van der Waals surface area (Å²) in [6.07, 6.45) is 6.54. The van der Waals surface area contributed by atoms with Crippen molar-refractivity contribution in [3.8, 4) is 0 Å². The SMILES string of the molecule is NS(=O)(=O)c1cccc(Nc2nccc(C3CCCC3)n2)c1. The summed E-state index contributed by atoms with van der Waals surface area (Å²) in [5.41, 5.74) is 1.63. The van der Waals surface area contributed by atoms with Gasteiger partial charge < -0.3 is 5.32 Å². The van der Waals surface area contributed by atoms with Crippen LogP contribution in [0.15, 0.2) is 41.4 Å². The number of nitrogens with one attached hydrogen (secondary N) is 1. The molecule has 1 aromatic carbocycles. The van der Waals surface area contributed by atoms with E-state index >= 15 is 0 Å². The van der Waals surface area contributed by atoms with E-state index in [0.717, 1.165) is 18.5 Å². The van der Waals surface area contributed by atoms with E-state index in [-0.39, 0.29) is 4.90 Å². The summed E-state index contributed by atoms with van der Waals surface area (Å²) in [4.78, 5) is 8.79. The van der Waals surface area contributed by atoms with Crippen molar-refractivity contribution in [2.45, 2.75) is 36.5 Å². The number of hydrogen-bond donors (Lipinski definition) is 2. The molecule has 0 radical (unpaired) electrons. The van der Waals surface area contributed by atoms with Crippen molar-refractivity contribution in [3.05, 3.63) is 42.2 Å². The van der Waals surface area contributed by atoms with Gasteiger partial charge in [-0.1, -0.05) is 18.9 Å². The lowest BCUT2D eigenvalue weighted by atomic mass is 10.0. The Bertz CT molecular complexity index is 771. The van der Waals surface area contributed by atoms with E-state index < -0.39 is 10.0 Å². The number of rotatable bonds is 4. The molecule has 3 N–H and O–H groups in total. The highest BCUT2D eigenvalue weighted by Crippen LogP contribution is 2.33. The van der Waals surface area contributed by atoms with E-state index in [0.29, 0.717) is 17.6 Å². The average molecular weight is 318 g/mol. The number of aromatic nitrogens is 2. The van der Waals surface area contributed by atoms with Crippen LogP contribution in [0.5, 0.6) is 0 Å². The Kier molecular flexibility index (Phi) is 4.08. The third kappa shape index (κ3) is 3.42. The molecule has 3 rings (SSSR count). The minimum Gasteiger partial charge on any atom is -0.324 e. The molecule has 0 atom stereocenters. The second kappa shape index (κ2) is 6.02. The molecular weight excluding hydrogens is 300 g/mol. The van der Waals surface area contributed by atoms with Crippen molar-refractivity contribution in [2.24, 2.45) is 5.14 Å². The third-order valence-corrected chi connectivity index (χ3v) is 4.78. The zero-order valence-corrected chi connectivity index (χ0v) is 12.9. The van der Waals surface area contributed by atoms with Gasteiger partial charge in [0.2, 0.25) is 16.0 Å². The number of hydrogen-bond acceptors (Lipinski definition) is 5. The summed E-state index contributed by atoms with van der Waals surface area (Å²) in [6.45, 7) is 0. The van der Waals surface area contributed by atoms with Crippen molar-refractivity contribution in [2.75, 3.05) is 5.32 Å². The van der Waals surface area contributed by atoms with Crippen molar-refractivity contribution < 1.29 is 8.42 Å². The molecule has 0 amide bonds. The number of nitrogens with zero attached hydrogens (tertiary/aromatic N) is 2.